The van der Waals surface area contributed by atoms with Gasteiger partial charge in [0, 0.05) is 25.8 Å². The van der Waals surface area contributed by atoms with Crippen LogP contribution in [0.5, 0.6) is 5.75 Å². The summed E-state index contributed by atoms with van der Waals surface area (Å²) < 4.78 is 33.6. The molecule has 0 saturated carbocycles. The number of rotatable bonds is 8. The molecule has 0 spiro atoms. The summed E-state index contributed by atoms with van der Waals surface area (Å²) in [5.41, 5.74) is 0.567. The molecule has 1 aliphatic heterocycles. The lowest BCUT2D eigenvalue weighted by Crippen LogP contribution is -2.39. The molecule has 8 heteroatoms. The molecule has 30 heavy (non-hydrogen) atoms. The summed E-state index contributed by atoms with van der Waals surface area (Å²) in [5.74, 6) is 2.03. The van der Waals surface area contributed by atoms with Crippen molar-refractivity contribution in [2.24, 2.45) is 11.8 Å². The van der Waals surface area contributed by atoms with Gasteiger partial charge in [-0.2, -0.15) is 5.26 Å². The predicted molar refractivity (Wildman–Crippen MR) is 116 cm³/mol. The average molecular weight is 429 g/mol. The van der Waals surface area contributed by atoms with Crippen molar-refractivity contribution in [1.29, 1.82) is 5.26 Å². The highest BCUT2D eigenvalue weighted by atomic mass is 32.2. The second-order valence-corrected chi connectivity index (χ2v) is 9.71. The summed E-state index contributed by atoms with van der Waals surface area (Å²) in [5, 5.41) is 9.25. The van der Waals surface area contributed by atoms with Gasteiger partial charge in [-0.1, -0.05) is 13.8 Å². The Morgan fingerprint density at radius 1 is 1.23 bits per heavy atom. The highest BCUT2D eigenvalue weighted by Crippen LogP contribution is 2.24. The van der Waals surface area contributed by atoms with Gasteiger partial charge in [0.2, 0.25) is 10.0 Å². The minimum Gasteiger partial charge on any atom is -0.493 e. The standard InChI is InChI=1S/C22H28N4O3S/c1-17(2)16-29-20-5-7-21(8-6-20)30(27,28)25-15-18-9-12-26(13-10-18)22-19(14-23)4-3-11-24-22/h3-8,11,17-18,25H,9-10,12-13,15-16H2,1-2H3. The van der Waals surface area contributed by atoms with Crippen LogP contribution in [0.2, 0.25) is 0 Å². The fourth-order valence-corrected chi connectivity index (χ4v) is 4.49. The number of pyridine rings is 1. The predicted octanol–water partition coefficient (Wildman–Crippen LogP) is 3.18. The van der Waals surface area contributed by atoms with Crippen molar-refractivity contribution in [3.8, 4) is 11.8 Å². The molecule has 0 aliphatic carbocycles. The molecular formula is C22H28N4O3S. The fraction of sp³-hybridized carbons (Fsp3) is 0.455. The number of hydrogen-bond acceptors (Lipinski definition) is 6. The maximum absolute atomic E-state index is 12.6. The number of nitrogens with zero attached hydrogens (tertiary/aromatic N) is 3. The van der Waals surface area contributed by atoms with E-state index >= 15 is 0 Å². The Bertz CT molecular complexity index is 976. The SMILES string of the molecule is CC(C)COc1ccc(S(=O)(=O)NCC2CCN(c3ncccc3C#N)CC2)cc1. The minimum absolute atomic E-state index is 0.240. The van der Waals surface area contributed by atoms with Crippen molar-refractivity contribution in [3.05, 3.63) is 48.2 Å². The lowest BCUT2D eigenvalue weighted by Gasteiger charge is -2.33. The van der Waals surface area contributed by atoms with Gasteiger partial charge >= 0.3 is 0 Å². The van der Waals surface area contributed by atoms with E-state index in [-0.39, 0.29) is 10.8 Å². The van der Waals surface area contributed by atoms with E-state index in [9.17, 15) is 13.7 Å². The highest BCUT2D eigenvalue weighted by Gasteiger charge is 2.24. The minimum atomic E-state index is -3.56. The van der Waals surface area contributed by atoms with Gasteiger partial charge in [-0.05, 0) is 61.1 Å². The number of benzene rings is 1. The van der Waals surface area contributed by atoms with Gasteiger partial charge in [-0.15, -0.1) is 0 Å². The first-order valence-electron chi connectivity index (χ1n) is 10.2. The molecular weight excluding hydrogens is 400 g/mol. The van der Waals surface area contributed by atoms with E-state index in [1.807, 2.05) is 0 Å². The summed E-state index contributed by atoms with van der Waals surface area (Å²) in [6, 6.07) is 12.2. The Kier molecular flexibility index (Phi) is 7.29. The van der Waals surface area contributed by atoms with Crippen LogP contribution in [0.25, 0.3) is 0 Å². The molecule has 1 aliphatic rings. The third kappa shape index (κ3) is 5.71. The lowest BCUT2D eigenvalue weighted by molar-refractivity contribution is 0.271. The van der Waals surface area contributed by atoms with Gasteiger partial charge in [-0.3, -0.25) is 0 Å². The molecule has 2 heterocycles. The molecule has 0 radical (unpaired) electrons. The third-order valence-electron chi connectivity index (χ3n) is 5.10. The van der Waals surface area contributed by atoms with Crippen LogP contribution in [0.15, 0.2) is 47.5 Å². The Morgan fingerprint density at radius 3 is 2.57 bits per heavy atom. The molecule has 1 saturated heterocycles. The van der Waals surface area contributed by atoms with Gasteiger partial charge in [0.05, 0.1) is 17.1 Å². The molecule has 0 atom stereocenters. The molecule has 1 fully saturated rings. The molecule has 3 rings (SSSR count). The molecule has 2 aromatic rings. The molecule has 160 valence electrons. The second-order valence-electron chi connectivity index (χ2n) is 7.94. The van der Waals surface area contributed by atoms with Crippen molar-refractivity contribution in [2.45, 2.75) is 31.6 Å². The van der Waals surface area contributed by atoms with Crippen LogP contribution in [0.1, 0.15) is 32.3 Å². The van der Waals surface area contributed by atoms with Gasteiger partial charge in [-0.25, -0.2) is 18.1 Å². The zero-order valence-corrected chi connectivity index (χ0v) is 18.2. The zero-order chi connectivity index (χ0) is 21.6. The van der Waals surface area contributed by atoms with Crippen LogP contribution in [0, 0.1) is 23.2 Å². The maximum Gasteiger partial charge on any atom is 0.240 e. The summed E-state index contributed by atoms with van der Waals surface area (Å²) >= 11 is 0. The lowest BCUT2D eigenvalue weighted by atomic mass is 9.97. The third-order valence-corrected chi connectivity index (χ3v) is 6.54. The first-order chi connectivity index (χ1) is 14.4. The van der Waals surface area contributed by atoms with E-state index in [0.717, 1.165) is 25.9 Å². The summed E-state index contributed by atoms with van der Waals surface area (Å²) in [4.78, 5) is 6.67. The molecule has 0 amide bonds. The van der Waals surface area contributed by atoms with Crippen LogP contribution >= 0.6 is 0 Å². The number of hydrogen-bond donors (Lipinski definition) is 1. The van der Waals surface area contributed by atoms with Crippen LogP contribution in [-0.4, -0.2) is 39.6 Å². The number of piperidine rings is 1. The normalized spacial score (nSPS) is 15.2. The monoisotopic (exact) mass is 428 g/mol. The van der Waals surface area contributed by atoms with Gasteiger partial charge in [0.15, 0.2) is 0 Å². The van der Waals surface area contributed by atoms with E-state index in [2.05, 4.69) is 34.5 Å². The van der Waals surface area contributed by atoms with Gasteiger partial charge in [0.25, 0.3) is 0 Å². The van der Waals surface area contributed by atoms with E-state index in [0.29, 0.717) is 36.2 Å². The molecule has 1 aromatic heterocycles. The Balaban J connectivity index is 1.51. The smallest absolute Gasteiger partial charge is 0.240 e. The van der Waals surface area contributed by atoms with E-state index in [1.54, 1.807) is 42.6 Å². The average Bonchev–Trinajstić information content (AvgIpc) is 2.77. The summed E-state index contributed by atoms with van der Waals surface area (Å²) in [6.45, 7) is 6.62. The number of ether oxygens (including phenoxy) is 1. The van der Waals surface area contributed by atoms with E-state index in [1.165, 1.54) is 0 Å². The van der Waals surface area contributed by atoms with Gasteiger partial charge < -0.3 is 9.64 Å². The summed E-state index contributed by atoms with van der Waals surface area (Å²) in [6.07, 6.45) is 3.37. The van der Waals surface area contributed by atoms with Crippen molar-refractivity contribution in [3.63, 3.8) is 0 Å². The summed E-state index contributed by atoms with van der Waals surface area (Å²) in [7, 11) is -3.56. The van der Waals surface area contributed by atoms with Crippen molar-refractivity contribution < 1.29 is 13.2 Å². The molecule has 0 bridgehead atoms. The number of nitrogens with one attached hydrogen (secondary N) is 1. The van der Waals surface area contributed by atoms with Crippen molar-refractivity contribution in [1.82, 2.24) is 9.71 Å². The second kappa shape index (κ2) is 9.92. The van der Waals surface area contributed by atoms with E-state index < -0.39 is 10.0 Å². The zero-order valence-electron chi connectivity index (χ0n) is 17.4. The van der Waals surface area contributed by atoms with Crippen LogP contribution in [-0.2, 0) is 10.0 Å². The quantitative estimate of drug-likeness (QED) is 0.694. The van der Waals surface area contributed by atoms with Crippen molar-refractivity contribution >= 4 is 15.8 Å². The van der Waals surface area contributed by atoms with Crippen LogP contribution in [0.4, 0.5) is 5.82 Å². The number of sulfonamides is 1. The maximum atomic E-state index is 12.6. The number of aromatic nitrogens is 1. The fourth-order valence-electron chi connectivity index (χ4n) is 3.37. The van der Waals surface area contributed by atoms with E-state index in [4.69, 9.17) is 4.74 Å². The molecule has 0 unspecified atom stereocenters. The van der Waals surface area contributed by atoms with Gasteiger partial charge in [0.1, 0.15) is 17.6 Å². The topological polar surface area (TPSA) is 95.3 Å². The number of nitriles is 1. The Morgan fingerprint density at radius 2 is 1.93 bits per heavy atom. The molecule has 1 aromatic carbocycles. The first kappa shape index (κ1) is 22.1. The Labute approximate surface area is 178 Å². The van der Waals surface area contributed by atoms with Crippen molar-refractivity contribution in [2.75, 3.05) is 31.1 Å². The molecule has 7 nitrogen and oxygen atoms in total. The number of anilines is 1. The largest absolute Gasteiger partial charge is 0.493 e. The van der Waals surface area contributed by atoms with Crippen LogP contribution in [0.3, 0.4) is 0 Å². The van der Waals surface area contributed by atoms with Crippen LogP contribution < -0.4 is 14.4 Å². The first-order valence-corrected chi connectivity index (χ1v) is 11.7. The highest BCUT2D eigenvalue weighted by molar-refractivity contribution is 7.89. The molecule has 1 N–H and O–H groups in total. The Hall–Kier alpha value is -2.63.